The average molecular weight is 608 g/mol. The lowest BCUT2D eigenvalue weighted by atomic mass is 9.98. The van der Waals surface area contributed by atoms with Crippen molar-refractivity contribution in [3.63, 3.8) is 0 Å². The van der Waals surface area contributed by atoms with Crippen LogP contribution in [0, 0.1) is 6.92 Å². The van der Waals surface area contributed by atoms with E-state index in [0.29, 0.717) is 55.2 Å². The van der Waals surface area contributed by atoms with E-state index in [4.69, 9.17) is 18.6 Å². The normalized spacial score (nSPS) is 11.8. The number of nitrogens with zero attached hydrogens (tertiary/aromatic N) is 3. The second-order valence-corrected chi connectivity index (χ2v) is 10.8. The summed E-state index contributed by atoms with van der Waals surface area (Å²) in [7, 11) is 3.09. The number of ketones is 1. The molecule has 0 N–H and O–H groups in total. The van der Waals surface area contributed by atoms with Gasteiger partial charge in [0.2, 0.25) is 4.96 Å². The molecule has 8 nitrogen and oxygen atoms in total. The van der Waals surface area contributed by atoms with Crippen LogP contribution in [0.3, 0.4) is 0 Å². The van der Waals surface area contributed by atoms with Crippen LogP contribution in [0.4, 0.5) is 13.2 Å². The minimum atomic E-state index is -4.53. The summed E-state index contributed by atoms with van der Waals surface area (Å²) in [6.45, 7) is 1.70. The highest BCUT2D eigenvalue weighted by atomic mass is 32.1. The van der Waals surface area contributed by atoms with E-state index in [1.165, 1.54) is 24.3 Å². The van der Waals surface area contributed by atoms with Gasteiger partial charge < -0.3 is 18.6 Å². The number of benzene rings is 3. The van der Waals surface area contributed by atoms with Crippen molar-refractivity contribution in [3.8, 4) is 28.1 Å². The second-order valence-electron chi connectivity index (χ2n) is 9.87. The topological polar surface area (TPSA) is 88.1 Å². The number of alkyl halides is 3. The molecule has 3 aromatic carbocycles. The molecule has 0 atom stereocenters. The highest BCUT2D eigenvalue weighted by Crippen LogP contribution is 2.38. The summed E-state index contributed by atoms with van der Waals surface area (Å²) in [5.41, 5.74) is 2.13. The maximum Gasteiger partial charge on any atom is 0.416 e. The molecule has 0 saturated carbocycles. The van der Waals surface area contributed by atoms with E-state index in [2.05, 4.69) is 10.1 Å². The summed E-state index contributed by atoms with van der Waals surface area (Å²) in [6, 6.07) is 15.9. The molecule has 0 bridgehead atoms. The molecule has 0 radical (unpaired) electrons. The number of furan rings is 1. The van der Waals surface area contributed by atoms with E-state index >= 15 is 0 Å². The van der Waals surface area contributed by atoms with Crippen molar-refractivity contribution in [3.05, 3.63) is 94.7 Å². The zero-order valence-electron chi connectivity index (χ0n) is 23.2. The summed E-state index contributed by atoms with van der Waals surface area (Å²) >= 11 is 1.31. The summed E-state index contributed by atoms with van der Waals surface area (Å²) in [4.78, 5) is 18.1. The summed E-state index contributed by atoms with van der Waals surface area (Å²) in [5, 5.41) is 5.51. The van der Waals surface area contributed by atoms with E-state index in [0.717, 1.165) is 17.7 Å². The van der Waals surface area contributed by atoms with Crippen LogP contribution in [0.2, 0.25) is 0 Å². The van der Waals surface area contributed by atoms with Crippen LogP contribution in [-0.2, 0) is 19.2 Å². The average Bonchev–Trinajstić information content (AvgIpc) is 3.68. The number of Topliss-reactive ketones (excluding diaryl/α,β-unsaturated/α-hetero) is 1. The Morgan fingerprint density at radius 2 is 1.84 bits per heavy atom. The fourth-order valence-corrected chi connectivity index (χ4v) is 5.41. The molecule has 0 fully saturated rings. The van der Waals surface area contributed by atoms with Gasteiger partial charge in [-0.2, -0.15) is 13.2 Å². The molecule has 0 spiro atoms. The number of fused-ring (bicyclic) bond motifs is 2. The molecule has 220 valence electrons. The van der Waals surface area contributed by atoms with Crippen LogP contribution < -0.4 is 14.2 Å². The Hall–Kier alpha value is -4.84. The fourth-order valence-electron chi connectivity index (χ4n) is 4.71. The number of rotatable bonds is 9. The molecule has 6 aromatic rings. The number of aryl methyl sites for hydroxylation is 1. The molecule has 6 rings (SSSR count). The Bertz CT molecular complexity index is 1940. The summed E-state index contributed by atoms with van der Waals surface area (Å²) in [5.74, 6) is 1.18. The van der Waals surface area contributed by atoms with Crippen LogP contribution in [0.25, 0.3) is 27.4 Å². The first-order valence-corrected chi connectivity index (χ1v) is 13.9. The predicted molar refractivity (Wildman–Crippen MR) is 154 cm³/mol. The predicted octanol–water partition coefficient (Wildman–Crippen LogP) is 7.55. The smallest absolute Gasteiger partial charge is 0.416 e. The number of halogens is 3. The minimum absolute atomic E-state index is 0.0241. The third kappa shape index (κ3) is 5.91. The van der Waals surface area contributed by atoms with Gasteiger partial charge in [-0.3, -0.25) is 4.79 Å². The Morgan fingerprint density at radius 3 is 2.58 bits per heavy atom. The fraction of sp³-hybridized carbons (Fsp3) is 0.194. The molecular weight excluding hydrogens is 583 g/mol. The molecule has 0 aliphatic heterocycles. The Balaban J connectivity index is 1.22. The number of carbonyl (C=O) groups is 1. The lowest BCUT2D eigenvalue weighted by Crippen LogP contribution is -2.10. The summed E-state index contributed by atoms with van der Waals surface area (Å²) in [6.07, 6.45) is -2.83. The first kappa shape index (κ1) is 28.3. The zero-order chi connectivity index (χ0) is 30.3. The van der Waals surface area contributed by atoms with Gasteiger partial charge in [0.25, 0.3) is 5.19 Å². The van der Waals surface area contributed by atoms with Crippen LogP contribution in [0.1, 0.15) is 32.6 Å². The lowest BCUT2D eigenvalue weighted by Gasteiger charge is -2.11. The van der Waals surface area contributed by atoms with Gasteiger partial charge in [0, 0.05) is 24.1 Å². The third-order valence-electron chi connectivity index (χ3n) is 6.74. The van der Waals surface area contributed by atoms with Crippen LogP contribution in [0.15, 0.2) is 71.3 Å². The Labute approximate surface area is 247 Å². The zero-order valence-corrected chi connectivity index (χ0v) is 24.0. The van der Waals surface area contributed by atoms with E-state index in [1.807, 2.05) is 12.1 Å². The van der Waals surface area contributed by atoms with Crippen molar-refractivity contribution in [2.24, 2.45) is 0 Å². The quantitative estimate of drug-likeness (QED) is 0.157. The van der Waals surface area contributed by atoms with Gasteiger partial charge in [0.15, 0.2) is 11.5 Å². The van der Waals surface area contributed by atoms with Gasteiger partial charge in [-0.1, -0.05) is 24.3 Å². The SMILES string of the molecule is COc1cc(OCc2cccc(CC(=O)c3cc(C)cc(C(F)(F)F)c3)c2)c2cc(-c3cn4nc(OC)sc4n3)oc2c1. The minimum Gasteiger partial charge on any atom is -0.496 e. The standard InChI is InChI=1S/C31H24F3N3O5S/c1-17-7-20(11-21(8-17)31(32,33)34)25(38)10-18-5-4-6-19(9-18)16-41-26-12-22(39-2)13-27-23(26)14-28(42-27)24-15-37-29(35-24)43-30(36-37)40-3/h4-9,11-15H,10,16H2,1-3H3. The number of ether oxygens (including phenoxy) is 3. The van der Waals surface area contributed by atoms with E-state index in [9.17, 15) is 18.0 Å². The van der Waals surface area contributed by atoms with E-state index in [-0.39, 0.29) is 18.6 Å². The maximum atomic E-state index is 13.3. The van der Waals surface area contributed by atoms with Gasteiger partial charge in [0.1, 0.15) is 29.4 Å². The van der Waals surface area contributed by atoms with E-state index < -0.39 is 17.5 Å². The molecule has 0 amide bonds. The molecule has 3 heterocycles. The van der Waals surface area contributed by atoms with Crippen LogP contribution >= 0.6 is 11.3 Å². The number of carbonyl (C=O) groups excluding carboxylic acids is 1. The molecule has 12 heteroatoms. The number of imidazole rings is 1. The second kappa shape index (κ2) is 11.1. The largest absolute Gasteiger partial charge is 0.496 e. The highest BCUT2D eigenvalue weighted by molar-refractivity contribution is 7.18. The first-order valence-electron chi connectivity index (χ1n) is 13.0. The number of aromatic nitrogens is 3. The lowest BCUT2D eigenvalue weighted by molar-refractivity contribution is -0.137. The van der Waals surface area contributed by atoms with E-state index in [1.54, 1.807) is 55.3 Å². The van der Waals surface area contributed by atoms with Crippen molar-refractivity contribution in [2.75, 3.05) is 14.2 Å². The third-order valence-corrected chi connectivity index (χ3v) is 7.62. The molecule has 0 aliphatic rings. The van der Waals surface area contributed by atoms with Crippen molar-refractivity contribution in [1.82, 2.24) is 14.6 Å². The molecule has 0 aliphatic carbocycles. The number of hydrogen-bond acceptors (Lipinski definition) is 8. The van der Waals surface area contributed by atoms with Gasteiger partial charge in [-0.15, -0.1) is 5.10 Å². The van der Waals surface area contributed by atoms with Crippen LogP contribution in [-0.4, -0.2) is 34.6 Å². The number of methoxy groups -OCH3 is 2. The van der Waals surface area contributed by atoms with Crippen molar-refractivity contribution in [1.29, 1.82) is 0 Å². The molecular formula is C31H24F3N3O5S. The highest BCUT2D eigenvalue weighted by Gasteiger charge is 2.31. The molecule has 0 unspecified atom stereocenters. The van der Waals surface area contributed by atoms with Gasteiger partial charge in [-0.05, 0) is 59.2 Å². The van der Waals surface area contributed by atoms with Gasteiger partial charge in [0.05, 0.1) is 31.4 Å². The Kier molecular flexibility index (Phi) is 7.30. The maximum absolute atomic E-state index is 13.3. The van der Waals surface area contributed by atoms with Crippen molar-refractivity contribution < 1.29 is 36.6 Å². The monoisotopic (exact) mass is 607 g/mol. The van der Waals surface area contributed by atoms with Gasteiger partial charge in [-0.25, -0.2) is 9.50 Å². The molecule has 3 aromatic heterocycles. The van der Waals surface area contributed by atoms with Crippen LogP contribution in [0.5, 0.6) is 16.7 Å². The number of hydrogen-bond donors (Lipinski definition) is 0. The Morgan fingerprint density at radius 1 is 1.02 bits per heavy atom. The van der Waals surface area contributed by atoms with Crippen molar-refractivity contribution >= 4 is 33.1 Å². The first-order chi connectivity index (χ1) is 20.6. The molecule has 0 saturated heterocycles. The summed E-state index contributed by atoms with van der Waals surface area (Å²) < 4.78 is 64.3. The van der Waals surface area contributed by atoms with Gasteiger partial charge >= 0.3 is 6.18 Å². The molecule has 43 heavy (non-hydrogen) atoms. The van der Waals surface area contributed by atoms with Crippen molar-refractivity contribution in [2.45, 2.75) is 26.1 Å².